The Bertz CT molecular complexity index is 1010. The second-order valence-corrected chi connectivity index (χ2v) is 11.8. The molecule has 0 aliphatic heterocycles. The van der Waals surface area contributed by atoms with Crippen LogP contribution in [0.2, 0.25) is 0 Å². The Morgan fingerprint density at radius 1 is 0.868 bits per heavy atom. The average Bonchev–Trinajstić information content (AvgIpc) is 2.73. The monoisotopic (exact) mass is 537 g/mol. The topological polar surface area (TPSA) is 151 Å². The summed E-state index contributed by atoms with van der Waals surface area (Å²) in [7, 11) is 0. The Hall–Kier alpha value is -3.14. The van der Waals surface area contributed by atoms with Gasteiger partial charge in [0.25, 0.3) is 0 Å². The first-order valence-corrected chi connectivity index (χ1v) is 12.8. The lowest BCUT2D eigenvalue weighted by Crippen LogP contribution is -2.52. The van der Waals surface area contributed by atoms with Crippen LogP contribution in [-0.2, 0) is 30.3 Å². The van der Waals surface area contributed by atoms with Gasteiger partial charge in [-0.1, -0.05) is 19.4 Å². The molecule has 0 spiro atoms. The maximum absolute atomic E-state index is 12.6. The van der Waals surface area contributed by atoms with Gasteiger partial charge in [0.15, 0.2) is 11.5 Å². The molecular formula is C28H43NO9. The molecule has 0 heterocycles. The molecule has 1 aromatic carbocycles. The van der Waals surface area contributed by atoms with Crippen LogP contribution >= 0.6 is 0 Å². The lowest BCUT2D eigenvalue weighted by Gasteiger charge is -2.28. The van der Waals surface area contributed by atoms with Gasteiger partial charge in [0.1, 0.15) is 17.7 Å². The lowest BCUT2D eigenvalue weighted by atomic mass is 9.86. The number of carboxylic acids is 1. The molecule has 1 aromatic rings. The number of rotatable bonds is 11. The Kier molecular flexibility index (Phi) is 11.3. The SMILES string of the molecule is CCCC(C)OC(=O)O[C@@H](C)CC(N)(Cc1ccc(OC(=O)C(C)(C)C)c(OC(=O)C(C)(C)C)c1)C(=O)O. The number of carbonyl (C=O) groups excluding carboxylic acids is 3. The van der Waals surface area contributed by atoms with Crippen LogP contribution in [0.5, 0.6) is 11.5 Å². The zero-order valence-electron chi connectivity index (χ0n) is 24.0. The highest BCUT2D eigenvalue weighted by atomic mass is 16.7. The average molecular weight is 538 g/mol. The van der Waals surface area contributed by atoms with Crippen molar-refractivity contribution in [1.29, 1.82) is 0 Å². The number of esters is 2. The fourth-order valence-electron chi connectivity index (χ4n) is 3.31. The van der Waals surface area contributed by atoms with Crippen LogP contribution in [-0.4, -0.2) is 46.9 Å². The molecular weight excluding hydrogens is 494 g/mol. The highest BCUT2D eigenvalue weighted by molar-refractivity contribution is 5.82. The van der Waals surface area contributed by atoms with E-state index < -0.39 is 46.5 Å². The van der Waals surface area contributed by atoms with E-state index in [0.29, 0.717) is 12.0 Å². The number of nitrogens with two attached hydrogens (primary N) is 1. The summed E-state index contributed by atoms with van der Waals surface area (Å²) in [5.41, 5.74) is 3.19. The van der Waals surface area contributed by atoms with Crippen molar-refractivity contribution in [2.24, 2.45) is 16.6 Å². The maximum atomic E-state index is 12.6. The summed E-state index contributed by atoms with van der Waals surface area (Å²) >= 11 is 0. The summed E-state index contributed by atoms with van der Waals surface area (Å²) < 4.78 is 21.4. The van der Waals surface area contributed by atoms with Crippen molar-refractivity contribution < 1.29 is 43.2 Å². The quantitative estimate of drug-likeness (QED) is 0.290. The smallest absolute Gasteiger partial charge is 0.480 e. The third kappa shape index (κ3) is 10.3. The largest absolute Gasteiger partial charge is 0.508 e. The molecule has 0 aromatic heterocycles. The molecule has 0 amide bonds. The van der Waals surface area contributed by atoms with Crippen molar-refractivity contribution in [2.75, 3.05) is 0 Å². The summed E-state index contributed by atoms with van der Waals surface area (Å²) in [6.07, 6.45) is -0.988. The second kappa shape index (κ2) is 13.1. The Morgan fingerprint density at radius 3 is 1.84 bits per heavy atom. The van der Waals surface area contributed by atoms with Crippen molar-refractivity contribution >= 4 is 24.1 Å². The van der Waals surface area contributed by atoms with Crippen LogP contribution in [0.1, 0.15) is 87.1 Å². The highest BCUT2D eigenvalue weighted by Gasteiger charge is 2.38. The minimum Gasteiger partial charge on any atom is -0.480 e. The molecule has 214 valence electrons. The second-order valence-electron chi connectivity index (χ2n) is 11.8. The minimum absolute atomic E-state index is 0.0184. The van der Waals surface area contributed by atoms with Crippen molar-refractivity contribution in [3.63, 3.8) is 0 Å². The minimum atomic E-state index is -1.83. The molecule has 0 fully saturated rings. The van der Waals surface area contributed by atoms with E-state index in [2.05, 4.69) is 0 Å². The highest BCUT2D eigenvalue weighted by Crippen LogP contribution is 2.34. The number of hydrogen-bond donors (Lipinski definition) is 2. The van der Waals surface area contributed by atoms with E-state index in [4.69, 9.17) is 24.7 Å². The Labute approximate surface area is 225 Å². The van der Waals surface area contributed by atoms with E-state index >= 15 is 0 Å². The van der Waals surface area contributed by atoms with Gasteiger partial charge in [0.2, 0.25) is 0 Å². The van der Waals surface area contributed by atoms with Gasteiger partial charge in [0.05, 0.1) is 10.8 Å². The van der Waals surface area contributed by atoms with Crippen molar-refractivity contribution in [1.82, 2.24) is 0 Å². The molecule has 0 aliphatic carbocycles. The molecule has 10 nitrogen and oxygen atoms in total. The number of carboxylic acid groups (broad SMARTS) is 1. The van der Waals surface area contributed by atoms with E-state index in [1.54, 1.807) is 48.5 Å². The molecule has 3 atom stereocenters. The Morgan fingerprint density at radius 2 is 1.37 bits per heavy atom. The summed E-state index contributed by atoms with van der Waals surface area (Å²) in [5, 5.41) is 9.93. The molecule has 1 rings (SSSR count). The van der Waals surface area contributed by atoms with Crippen LogP contribution in [0.3, 0.4) is 0 Å². The first kappa shape index (κ1) is 32.9. The van der Waals surface area contributed by atoms with E-state index in [-0.39, 0.29) is 30.4 Å². The lowest BCUT2D eigenvalue weighted by molar-refractivity contribution is -0.145. The molecule has 38 heavy (non-hydrogen) atoms. The van der Waals surface area contributed by atoms with Crippen LogP contribution in [0, 0.1) is 10.8 Å². The third-order valence-corrected chi connectivity index (χ3v) is 5.53. The first-order chi connectivity index (χ1) is 17.3. The van der Waals surface area contributed by atoms with Gasteiger partial charge in [-0.3, -0.25) is 14.4 Å². The number of hydrogen-bond acceptors (Lipinski definition) is 9. The van der Waals surface area contributed by atoms with E-state index in [1.165, 1.54) is 25.1 Å². The molecule has 10 heteroatoms. The van der Waals surface area contributed by atoms with E-state index in [9.17, 15) is 24.3 Å². The van der Waals surface area contributed by atoms with E-state index in [1.807, 2.05) is 6.92 Å². The molecule has 0 saturated heterocycles. The molecule has 0 aliphatic rings. The van der Waals surface area contributed by atoms with Crippen LogP contribution in [0.4, 0.5) is 4.79 Å². The van der Waals surface area contributed by atoms with Gasteiger partial charge in [-0.15, -0.1) is 0 Å². The molecule has 0 saturated carbocycles. The Balaban J connectivity index is 3.21. The van der Waals surface area contributed by atoms with Crippen molar-refractivity contribution in [2.45, 2.75) is 106 Å². The third-order valence-electron chi connectivity index (χ3n) is 5.53. The fraction of sp³-hybridized carbons (Fsp3) is 0.643. The number of aliphatic carboxylic acids is 1. The normalized spacial score (nSPS) is 15.0. The standard InChI is InChI=1S/C28H43NO9/c1-10-11-17(2)35-25(34)36-18(3)15-28(29,22(30)31)16-19-12-13-20(37-23(32)26(4,5)6)21(14-19)38-24(33)27(7,8)9/h12-14,17-18H,10-11,15-16,29H2,1-9H3,(H,30,31)/t17?,18-,28?/m0/s1. The predicted molar refractivity (Wildman–Crippen MR) is 141 cm³/mol. The van der Waals surface area contributed by atoms with Crippen molar-refractivity contribution in [3.05, 3.63) is 23.8 Å². The zero-order chi connectivity index (χ0) is 29.5. The first-order valence-electron chi connectivity index (χ1n) is 12.8. The van der Waals surface area contributed by atoms with Gasteiger partial charge in [-0.2, -0.15) is 0 Å². The van der Waals surface area contributed by atoms with Gasteiger partial charge < -0.3 is 29.8 Å². The molecule has 0 radical (unpaired) electrons. The summed E-state index contributed by atoms with van der Waals surface area (Å²) in [4.78, 5) is 49.3. The molecule has 3 N–H and O–H groups in total. The van der Waals surface area contributed by atoms with Gasteiger partial charge in [-0.05, 0) is 79.5 Å². The number of benzene rings is 1. The molecule has 2 unspecified atom stereocenters. The van der Waals surface area contributed by atoms with Crippen LogP contribution in [0.15, 0.2) is 18.2 Å². The zero-order valence-corrected chi connectivity index (χ0v) is 24.0. The summed E-state index contributed by atoms with van der Waals surface area (Å²) in [6, 6.07) is 4.39. The predicted octanol–water partition coefficient (Wildman–Crippen LogP) is 5.03. The fourth-order valence-corrected chi connectivity index (χ4v) is 3.31. The van der Waals surface area contributed by atoms with Crippen molar-refractivity contribution in [3.8, 4) is 11.5 Å². The van der Waals surface area contributed by atoms with Crippen LogP contribution < -0.4 is 15.2 Å². The number of carbonyl (C=O) groups is 4. The number of ether oxygens (including phenoxy) is 4. The maximum Gasteiger partial charge on any atom is 0.508 e. The van der Waals surface area contributed by atoms with Crippen LogP contribution in [0.25, 0.3) is 0 Å². The van der Waals surface area contributed by atoms with E-state index in [0.717, 1.165) is 6.42 Å². The summed E-state index contributed by atoms with van der Waals surface area (Å²) in [5.74, 6) is -2.44. The van der Waals surface area contributed by atoms with Gasteiger partial charge >= 0.3 is 24.1 Å². The summed E-state index contributed by atoms with van der Waals surface area (Å²) in [6.45, 7) is 15.3. The van der Waals surface area contributed by atoms with Gasteiger partial charge in [-0.25, -0.2) is 4.79 Å². The molecule has 0 bridgehead atoms. The van der Waals surface area contributed by atoms with Gasteiger partial charge in [0, 0.05) is 12.8 Å².